The number of rotatable bonds is 8. The smallest absolute Gasteiger partial charge is 0.241 e. The lowest BCUT2D eigenvalue weighted by atomic mass is 9.96. The first kappa shape index (κ1) is 26.1. The number of hydrogen-bond acceptors (Lipinski definition) is 6. The number of carbonyl (C=O) groups excluding carboxylic acids is 1. The van der Waals surface area contributed by atoms with Crippen LogP contribution in [-0.4, -0.2) is 52.0 Å². The van der Waals surface area contributed by atoms with Gasteiger partial charge < -0.3 is 9.84 Å². The molecule has 2 saturated heterocycles. The van der Waals surface area contributed by atoms with Crippen LogP contribution in [0, 0.1) is 5.92 Å². The quantitative estimate of drug-likeness (QED) is 0.394. The molecule has 0 saturated carbocycles. The zero-order valence-electron chi connectivity index (χ0n) is 21.4. The van der Waals surface area contributed by atoms with Crippen molar-refractivity contribution < 1.29 is 9.32 Å². The molecule has 0 radical (unpaired) electrons. The molecule has 2 aliphatic rings. The van der Waals surface area contributed by atoms with Gasteiger partial charge >= 0.3 is 0 Å². The van der Waals surface area contributed by atoms with E-state index in [1.54, 1.807) is 0 Å². The molecule has 2 aromatic carbocycles. The van der Waals surface area contributed by atoms with Gasteiger partial charge in [0.15, 0.2) is 0 Å². The highest BCUT2D eigenvalue weighted by molar-refractivity contribution is 9.10. The standard InChI is InChI=1S/C29H36BrN5O2/c30-26-10-6-9-25(18-26)28-32-27(37-33-28)21-35-15-11-24(12-16-35)29(36)31-19-22-7-5-8-23(17-22)20-34-13-3-1-2-4-14-34/h5-10,17-18,24H,1-4,11-16,19-21H2,(H,31,36). The molecule has 0 bridgehead atoms. The summed E-state index contributed by atoms with van der Waals surface area (Å²) in [5.74, 6) is 1.42. The molecule has 2 aliphatic heterocycles. The normalized spacial score (nSPS) is 18.0. The van der Waals surface area contributed by atoms with Gasteiger partial charge in [-0.2, -0.15) is 4.98 Å². The lowest BCUT2D eigenvalue weighted by Gasteiger charge is -2.30. The van der Waals surface area contributed by atoms with Gasteiger partial charge in [-0.05, 0) is 75.1 Å². The molecule has 1 N–H and O–H groups in total. The Hall–Kier alpha value is -2.55. The third-order valence-electron chi connectivity index (χ3n) is 7.43. The highest BCUT2D eigenvalue weighted by Gasteiger charge is 2.26. The van der Waals surface area contributed by atoms with Crippen molar-refractivity contribution in [2.45, 2.75) is 58.2 Å². The maximum absolute atomic E-state index is 12.9. The van der Waals surface area contributed by atoms with Gasteiger partial charge in [0.25, 0.3) is 0 Å². The van der Waals surface area contributed by atoms with Crippen LogP contribution in [0.3, 0.4) is 0 Å². The Morgan fingerprint density at radius 2 is 1.65 bits per heavy atom. The van der Waals surface area contributed by atoms with Gasteiger partial charge in [0.05, 0.1) is 6.54 Å². The predicted octanol–water partition coefficient (Wildman–Crippen LogP) is 5.40. The molecule has 3 heterocycles. The molecule has 37 heavy (non-hydrogen) atoms. The largest absolute Gasteiger partial charge is 0.352 e. The number of nitrogens with one attached hydrogen (secondary N) is 1. The summed E-state index contributed by atoms with van der Waals surface area (Å²) < 4.78 is 6.47. The van der Waals surface area contributed by atoms with E-state index in [1.807, 2.05) is 24.3 Å². The minimum atomic E-state index is 0.0523. The van der Waals surface area contributed by atoms with Crippen molar-refractivity contribution in [3.8, 4) is 11.4 Å². The van der Waals surface area contributed by atoms with Crippen LogP contribution in [-0.2, 0) is 24.4 Å². The second-order valence-electron chi connectivity index (χ2n) is 10.3. The number of hydrogen-bond donors (Lipinski definition) is 1. The summed E-state index contributed by atoms with van der Waals surface area (Å²) in [5.41, 5.74) is 3.44. The third kappa shape index (κ3) is 7.49. The highest BCUT2D eigenvalue weighted by atomic mass is 79.9. The van der Waals surface area contributed by atoms with Crippen molar-refractivity contribution in [3.63, 3.8) is 0 Å². The number of piperidine rings is 1. The Bertz CT molecular complexity index is 1170. The minimum Gasteiger partial charge on any atom is -0.352 e. The van der Waals surface area contributed by atoms with Crippen LogP contribution < -0.4 is 5.32 Å². The number of aromatic nitrogens is 2. The average molecular weight is 567 g/mol. The van der Waals surface area contributed by atoms with E-state index >= 15 is 0 Å². The van der Waals surface area contributed by atoms with Crippen molar-refractivity contribution in [3.05, 3.63) is 70.0 Å². The lowest BCUT2D eigenvalue weighted by Crippen LogP contribution is -2.40. The summed E-state index contributed by atoms with van der Waals surface area (Å²) in [7, 11) is 0. The Labute approximate surface area is 227 Å². The number of benzene rings is 2. The van der Waals surface area contributed by atoms with Crippen LogP contribution in [0.4, 0.5) is 0 Å². The Morgan fingerprint density at radius 1 is 0.919 bits per heavy atom. The van der Waals surface area contributed by atoms with Gasteiger partial charge in [-0.15, -0.1) is 0 Å². The summed E-state index contributed by atoms with van der Waals surface area (Å²) in [5, 5.41) is 7.32. The Balaban J connectivity index is 1.06. The maximum atomic E-state index is 12.9. The summed E-state index contributed by atoms with van der Waals surface area (Å²) in [4.78, 5) is 22.3. The molecule has 3 aromatic rings. The highest BCUT2D eigenvalue weighted by Crippen LogP contribution is 2.23. The minimum absolute atomic E-state index is 0.0523. The summed E-state index contributed by atoms with van der Waals surface area (Å²) in [6.07, 6.45) is 6.99. The number of carbonyl (C=O) groups is 1. The second kappa shape index (κ2) is 12.8. The number of amides is 1. The van der Waals surface area contributed by atoms with Crippen molar-refractivity contribution in [1.29, 1.82) is 0 Å². The van der Waals surface area contributed by atoms with Crippen molar-refractivity contribution >= 4 is 21.8 Å². The molecule has 8 heteroatoms. The van der Waals surface area contributed by atoms with Crippen LogP contribution >= 0.6 is 15.9 Å². The van der Waals surface area contributed by atoms with E-state index in [0.29, 0.717) is 24.8 Å². The first-order valence-corrected chi connectivity index (χ1v) is 14.3. The van der Waals surface area contributed by atoms with E-state index in [9.17, 15) is 4.79 Å². The molecule has 5 rings (SSSR count). The summed E-state index contributed by atoms with van der Waals surface area (Å²) in [6, 6.07) is 16.6. The van der Waals surface area contributed by atoms with Crippen LogP contribution in [0.1, 0.15) is 55.5 Å². The molecule has 0 spiro atoms. The fraction of sp³-hybridized carbons (Fsp3) is 0.483. The first-order valence-electron chi connectivity index (χ1n) is 13.5. The topological polar surface area (TPSA) is 74.5 Å². The van der Waals surface area contributed by atoms with Gasteiger partial charge in [-0.25, -0.2) is 0 Å². The van der Waals surface area contributed by atoms with Crippen LogP contribution in [0.25, 0.3) is 11.4 Å². The van der Waals surface area contributed by atoms with Gasteiger partial charge in [0.2, 0.25) is 17.6 Å². The SMILES string of the molecule is O=C(NCc1cccc(CN2CCCCCC2)c1)C1CCN(Cc2nc(-c3cccc(Br)c3)no2)CC1. The first-order chi connectivity index (χ1) is 18.1. The predicted molar refractivity (Wildman–Crippen MR) is 147 cm³/mol. The van der Waals surface area contributed by atoms with E-state index in [1.165, 1.54) is 49.9 Å². The molecule has 0 atom stereocenters. The molecule has 2 fully saturated rings. The third-order valence-corrected chi connectivity index (χ3v) is 7.92. The fourth-order valence-corrected chi connectivity index (χ4v) is 5.73. The Kier molecular flexibility index (Phi) is 9.02. The fourth-order valence-electron chi connectivity index (χ4n) is 5.33. The maximum Gasteiger partial charge on any atom is 0.241 e. The monoisotopic (exact) mass is 565 g/mol. The van der Waals surface area contributed by atoms with E-state index in [0.717, 1.165) is 42.5 Å². The van der Waals surface area contributed by atoms with Gasteiger partial charge in [-0.1, -0.05) is 70.3 Å². The van der Waals surface area contributed by atoms with E-state index in [-0.39, 0.29) is 11.8 Å². The molecule has 7 nitrogen and oxygen atoms in total. The molecule has 1 amide bonds. The molecular formula is C29H36BrN5O2. The van der Waals surface area contributed by atoms with Crippen LogP contribution in [0.5, 0.6) is 0 Å². The second-order valence-corrected chi connectivity index (χ2v) is 11.2. The number of likely N-dealkylation sites (tertiary alicyclic amines) is 2. The van der Waals surface area contributed by atoms with Crippen molar-refractivity contribution in [2.75, 3.05) is 26.2 Å². The number of halogens is 1. The van der Waals surface area contributed by atoms with Crippen LogP contribution in [0.15, 0.2) is 57.5 Å². The summed E-state index contributed by atoms with van der Waals surface area (Å²) >= 11 is 3.48. The lowest BCUT2D eigenvalue weighted by molar-refractivity contribution is -0.126. The van der Waals surface area contributed by atoms with Crippen molar-refractivity contribution in [2.24, 2.45) is 5.92 Å². The van der Waals surface area contributed by atoms with E-state index in [4.69, 9.17) is 4.52 Å². The van der Waals surface area contributed by atoms with Crippen molar-refractivity contribution in [1.82, 2.24) is 25.3 Å². The average Bonchev–Trinajstić information content (AvgIpc) is 3.23. The summed E-state index contributed by atoms with van der Waals surface area (Å²) in [6.45, 7) is 6.28. The zero-order valence-corrected chi connectivity index (χ0v) is 23.0. The molecule has 196 valence electrons. The molecule has 0 unspecified atom stereocenters. The van der Waals surface area contributed by atoms with Crippen LogP contribution in [0.2, 0.25) is 0 Å². The molecular weight excluding hydrogens is 530 g/mol. The van der Waals surface area contributed by atoms with E-state index < -0.39 is 0 Å². The number of nitrogens with zero attached hydrogens (tertiary/aromatic N) is 4. The molecule has 0 aliphatic carbocycles. The van der Waals surface area contributed by atoms with Gasteiger partial charge in [-0.3, -0.25) is 14.6 Å². The molecule has 1 aromatic heterocycles. The van der Waals surface area contributed by atoms with Gasteiger partial charge in [0, 0.05) is 29.0 Å². The van der Waals surface area contributed by atoms with E-state index in [2.05, 4.69) is 65.5 Å². The van der Waals surface area contributed by atoms with Gasteiger partial charge in [0.1, 0.15) is 0 Å². The zero-order chi connectivity index (χ0) is 25.5. The Morgan fingerprint density at radius 3 is 2.43 bits per heavy atom.